The van der Waals surface area contributed by atoms with Gasteiger partial charge in [0.05, 0.1) is 6.10 Å². The van der Waals surface area contributed by atoms with Crippen molar-refractivity contribution in [2.75, 3.05) is 6.54 Å². The quantitative estimate of drug-likeness (QED) is 0.886. The number of benzene rings is 1. The molecule has 4 heteroatoms. The van der Waals surface area contributed by atoms with Crippen LogP contribution in [0.2, 0.25) is 0 Å². The Kier molecular flexibility index (Phi) is 4.15. The van der Waals surface area contributed by atoms with E-state index >= 15 is 0 Å². The first-order valence-corrected chi connectivity index (χ1v) is 7.79. The fraction of sp³-hybridized carbons (Fsp3) is 0.375. The van der Waals surface area contributed by atoms with Gasteiger partial charge in [-0.05, 0) is 48.6 Å². The summed E-state index contributed by atoms with van der Waals surface area (Å²) >= 11 is 1.88. The zero-order valence-corrected chi connectivity index (χ0v) is 12.0. The lowest BCUT2D eigenvalue weighted by atomic mass is 10.1. The Morgan fingerprint density at radius 3 is 2.80 bits per heavy atom. The van der Waals surface area contributed by atoms with Crippen molar-refractivity contribution in [1.82, 2.24) is 5.32 Å². The molecule has 1 aromatic heterocycles. The number of thiophene rings is 1. The second kappa shape index (κ2) is 6.04. The molecule has 1 atom stereocenters. The molecular formula is C16H18FNOS. The maximum absolute atomic E-state index is 12.8. The van der Waals surface area contributed by atoms with Gasteiger partial charge in [-0.25, -0.2) is 4.39 Å². The van der Waals surface area contributed by atoms with Gasteiger partial charge in [0.1, 0.15) is 5.82 Å². The Bertz CT molecular complexity index is 557. The minimum Gasteiger partial charge on any atom is -0.387 e. The van der Waals surface area contributed by atoms with Crippen LogP contribution in [-0.4, -0.2) is 11.7 Å². The van der Waals surface area contributed by atoms with E-state index in [1.54, 1.807) is 12.1 Å². The second-order valence-corrected chi connectivity index (χ2v) is 6.43. The molecule has 1 aromatic carbocycles. The van der Waals surface area contributed by atoms with Crippen LogP contribution in [0.1, 0.15) is 33.4 Å². The van der Waals surface area contributed by atoms with Crippen molar-refractivity contribution in [2.45, 2.75) is 31.9 Å². The lowest BCUT2D eigenvalue weighted by Gasteiger charge is -2.11. The standard InChI is InChI=1S/C16H18FNOS/c17-13-6-4-11(5-7-13)15(19)10-18-9-14-8-12-2-1-3-16(12)20-14/h4-8,15,18-19H,1-3,9-10H2. The first-order valence-electron chi connectivity index (χ1n) is 6.97. The van der Waals surface area contributed by atoms with E-state index in [1.165, 1.54) is 46.7 Å². The third kappa shape index (κ3) is 3.08. The molecule has 2 nitrogen and oxygen atoms in total. The summed E-state index contributed by atoms with van der Waals surface area (Å²) in [7, 11) is 0. The summed E-state index contributed by atoms with van der Waals surface area (Å²) in [6.07, 6.45) is 3.13. The maximum atomic E-state index is 12.8. The molecule has 1 unspecified atom stereocenters. The first kappa shape index (κ1) is 13.7. The molecule has 0 saturated carbocycles. The summed E-state index contributed by atoms with van der Waals surface area (Å²) in [5, 5.41) is 13.3. The second-order valence-electron chi connectivity index (χ2n) is 5.21. The van der Waals surface area contributed by atoms with Crippen LogP contribution in [-0.2, 0) is 19.4 Å². The van der Waals surface area contributed by atoms with Crippen molar-refractivity contribution >= 4 is 11.3 Å². The molecule has 0 saturated heterocycles. The van der Waals surface area contributed by atoms with E-state index in [2.05, 4.69) is 11.4 Å². The molecule has 0 aliphatic heterocycles. The zero-order chi connectivity index (χ0) is 13.9. The van der Waals surface area contributed by atoms with E-state index < -0.39 is 6.10 Å². The van der Waals surface area contributed by atoms with Gasteiger partial charge in [-0.2, -0.15) is 0 Å². The minimum absolute atomic E-state index is 0.276. The summed E-state index contributed by atoms with van der Waals surface area (Å²) in [5.41, 5.74) is 2.25. The monoisotopic (exact) mass is 291 g/mol. The van der Waals surface area contributed by atoms with E-state index in [9.17, 15) is 9.50 Å². The third-order valence-corrected chi connectivity index (χ3v) is 4.93. The molecule has 0 amide bonds. The van der Waals surface area contributed by atoms with Crippen LogP contribution in [0.25, 0.3) is 0 Å². The van der Waals surface area contributed by atoms with Gasteiger partial charge >= 0.3 is 0 Å². The van der Waals surface area contributed by atoms with Gasteiger partial charge in [-0.15, -0.1) is 11.3 Å². The molecular weight excluding hydrogens is 273 g/mol. The van der Waals surface area contributed by atoms with Crippen LogP contribution in [0.4, 0.5) is 4.39 Å². The number of aryl methyl sites for hydroxylation is 2. The SMILES string of the molecule is OC(CNCc1cc2c(s1)CCC2)c1ccc(F)cc1. The predicted molar refractivity (Wildman–Crippen MR) is 79.4 cm³/mol. The molecule has 20 heavy (non-hydrogen) atoms. The topological polar surface area (TPSA) is 32.3 Å². The summed E-state index contributed by atoms with van der Waals surface area (Å²) in [6.45, 7) is 1.27. The Hall–Kier alpha value is -1.23. The van der Waals surface area contributed by atoms with Crippen LogP contribution >= 0.6 is 11.3 Å². The van der Waals surface area contributed by atoms with Crippen molar-refractivity contribution in [3.63, 3.8) is 0 Å². The Morgan fingerprint density at radius 1 is 1.25 bits per heavy atom. The largest absolute Gasteiger partial charge is 0.387 e. The number of hydrogen-bond acceptors (Lipinski definition) is 3. The predicted octanol–water partition coefficient (Wildman–Crippen LogP) is 3.20. The normalized spacial score (nSPS) is 15.3. The van der Waals surface area contributed by atoms with Gasteiger partial charge in [-0.3, -0.25) is 0 Å². The van der Waals surface area contributed by atoms with Crippen LogP contribution in [0.5, 0.6) is 0 Å². The first-order chi connectivity index (χ1) is 9.72. The van der Waals surface area contributed by atoms with E-state index in [4.69, 9.17) is 0 Å². The molecule has 2 aromatic rings. The average Bonchev–Trinajstić information content (AvgIpc) is 3.00. The van der Waals surface area contributed by atoms with Crippen LogP contribution < -0.4 is 5.32 Å². The van der Waals surface area contributed by atoms with E-state index in [0.717, 1.165) is 12.1 Å². The number of rotatable bonds is 5. The van der Waals surface area contributed by atoms with Crippen LogP contribution in [0, 0.1) is 5.82 Å². The van der Waals surface area contributed by atoms with Gasteiger partial charge in [0, 0.05) is 22.8 Å². The van der Waals surface area contributed by atoms with E-state index in [0.29, 0.717) is 6.54 Å². The van der Waals surface area contributed by atoms with Crippen molar-refractivity contribution in [1.29, 1.82) is 0 Å². The van der Waals surface area contributed by atoms with E-state index in [-0.39, 0.29) is 5.82 Å². The highest BCUT2D eigenvalue weighted by atomic mass is 32.1. The molecule has 2 N–H and O–H groups in total. The van der Waals surface area contributed by atoms with Gasteiger partial charge < -0.3 is 10.4 Å². The van der Waals surface area contributed by atoms with Crippen molar-refractivity contribution < 1.29 is 9.50 Å². The third-order valence-electron chi connectivity index (χ3n) is 3.69. The molecule has 0 radical (unpaired) electrons. The van der Waals surface area contributed by atoms with Crippen LogP contribution in [0.3, 0.4) is 0 Å². The molecule has 0 bridgehead atoms. The van der Waals surface area contributed by atoms with Crippen molar-refractivity contribution in [3.8, 4) is 0 Å². The summed E-state index contributed by atoms with van der Waals surface area (Å²) < 4.78 is 12.8. The average molecular weight is 291 g/mol. The maximum Gasteiger partial charge on any atom is 0.123 e. The fourth-order valence-electron chi connectivity index (χ4n) is 2.61. The Balaban J connectivity index is 1.50. The minimum atomic E-state index is -0.595. The molecule has 106 valence electrons. The lowest BCUT2D eigenvalue weighted by Crippen LogP contribution is -2.20. The van der Waals surface area contributed by atoms with Gasteiger partial charge in [0.25, 0.3) is 0 Å². The Morgan fingerprint density at radius 2 is 2.05 bits per heavy atom. The zero-order valence-electron chi connectivity index (χ0n) is 11.2. The number of fused-ring (bicyclic) bond motifs is 1. The Labute approximate surface area is 122 Å². The molecule has 3 rings (SSSR count). The lowest BCUT2D eigenvalue weighted by molar-refractivity contribution is 0.174. The van der Waals surface area contributed by atoms with Crippen molar-refractivity contribution in [2.24, 2.45) is 0 Å². The molecule has 1 heterocycles. The van der Waals surface area contributed by atoms with E-state index in [1.807, 2.05) is 11.3 Å². The van der Waals surface area contributed by atoms with Gasteiger partial charge in [0.2, 0.25) is 0 Å². The van der Waals surface area contributed by atoms with Gasteiger partial charge in [0.15, 0.2) is 0 Å². The number of halogens is 1. The van der Waals surface area contributed by atoms with Gasteiger partial charge in [-0.1, -0.05) is 12.1 Å². The number of hydrogen-bond donors (Lipinski definition) is 2. The molecule has 1 aliphatic rings. The van der Waals surface area contributed by atoms with Crippen LogP contribution in [0.15, 0.2) is 30.3 Å². The fourth-order valence-corrected chi connectivity index (χ4v) is 3.84. The highest BCUT2D eigenvalue weighted by Gasteiger charge is 2.14. The number of nitrogens with one attached hydrogen (secondary N) is 1. The summed E-state index contributed by atoms with van der Waals surface area (Å²) in [5.74, 6) is -0.276. The summed E-state index contributed by atoms with van der Waals surface area (Å²) in [4.78, 5) is 2.86. The molecule has 0 fully saturated rings. The highest BCUT2D eigenvalue weighted by Crippen LogP contribution is 2.30. The molecule has 1 aliphatic carbocycles. The highest BCUT2D eigenvalue weighted by molar-refractivity contribution is 7.12. The van der Waals surface area contributed by atoms with Crippen molar-refractivity contribution in [3.05, 3.63) is 57.0 Å². The smallest absolute Gasteiger partial charge is 0.123 e. The number of aliphatic hydroxyl groups excluding tert-OH is 1. The molecule has 0 spiro atoms. The summed E-state index contributed by atoms with van der Waals surface area (Å²) in [6, 6.07) is 8.29. The number of aliphatic hydroxyl groups is 1.